The molecule has 0 aliphatic rings. The smallest absolute Gasteiger partial charge is 0.154 e. The van der Waals surface area contributed by atoms with Crippen LogP contribution in [0.4, 0.5) is 0 Å². The molecule has 2 nitrogen and oxygen atoms in total. The molecular weight excluding hydrogens is 204 g/mol. The van der Waals surface area contributed by atoms with Gasteiger partial charge in [0.1, 0.15) is 0 Å². The second-order valence-corrected chi connectivity index (χ2v) is 4.43. The summed E-state index contributed by atoms with van der Waals surface area (Å²) in [6, 6.07) is 10.4. The molecule has 0 spiro atoms. The van der Waals surface area contributed by atoms with Crippen LogP contribution in [0.15, 0.2) is 41.9 Å². The average Bonchev–Trinajstić information content (AvgIpc) is 2.85. The maximum Gasteiger partial charge on any atom is 0.154 e. The molecule has 74 valence electrons. The van der Waals surface area contributed by atoms with E-state index < -0.39 is 0 Å². The normalized spacial score (nSPS) is 11.0. The molecule has 15 heavy (non-hydrogen) atoms. The third-order valence-electron chi connectivity index (χ3n) is 2.49. The number of rotatable bonds is 1. The molecule has 0 fully saturated rings. The summed E-state index contributed by atoms with van der Waals surface area (Å²) in [5.41, 5.74) is 2.37. The number of aromatic nitrogens is 2. The lowest BCUT2D eigenvalue weighted by molar-refractivity contribution is 1.09. The van der Waals surface area contributed by atoms with Crippen LogP contribution in [0.25, 0.3) is 16.2 Å². The van der Waals surface area contributed by atoms with E-state index in [-0.39, 0.29) is 0 Å². The van der Waals surface area contributed by atoms with Crippen LogP contribution in [-0.4, -0.2) is 9.38 Å². The zero-order chi connectivity index (χ0) is 10.3. The Morgan fingerprint density at radius 2 is 2.13 bits per heavy atom. The zero-order valence-corrected chi connectivity index (χ0v) is 9.16. The highest BCUT2D eigenvalue weighted by Crippen LogP contribution is 2.25. The Hall–Kier alpha value is -1.61. The van der Waals surface area contributed by atoms with Crippen molar-refractivity contribution in [2.75, 3.05) is 0 Å². The minimum Gasteiger partial charge on any atom is -0.296 e. The van der Waals surface area contributed by atoms with E-state index in [9.17, 15) is 0 Å². The van der Waals surface area contributed by atoms with Crippen LogP contribution in [0.2, 0.25) is 0 Å². The van der Waals surface area contributed by atoms with Crippen molar-refractivity contribution in [3.8, 4) is 10.7 Å². The molecule has 0 amide bonds. The highest BCUT2D eigenvalue weighted by atomic mass is 32.1. The minimum atomic E-state index is 1.04. The van der Waals surface area contributed by atoms with Crippen LogP contribution in [0, 0.1) is 6.92 Å². The Kier molecular flexibility index (Phi) is 1.86. The van der Waals surface area contributed by atoms with Gasteiger partial charge in [-0.3, -0.25) is 4.40 Å². The van der Waals surface area contributed by atoms with Gasteiger partial charge in [-0.2, -0.15) is 0 Å². The maximum absolute atomic E-state index is 4.47. The van der Waals surface area contributed by atoms with Gasteiger partial charge in [0.05, 0.1) is 16.6 Å². The third-order valence-corrected chi connectivity index (χ3v) is 3.35. The molecule has 0 atom stereocenters. The van der Waals surface area contributed by atoms with Crippen molar-refractivity contribution < 1.29 is 0 Å². The first-order valence-electron chi connectivity index (χ1n) is 4.83. The summed E-state index contributed by atoms with van der Waals surface area (Å²) in [7, 11) is 0. The van der Waals surface area contributed by atoms with E-state index in [1.54, 1.807) is 11.3 Å². The fourth-order valence-electron chi connectivity index (χ4n) is 1.79. The lowest BCUT2D eigenvalue weighted by atomic mass is 10.3. The van der Waals surface area contributed by atoms with E-state index in [1.165, 1.54) is 10.6 Å². The summed E-state index contributed by atoms with van der Waals surface area (Å²) in [5.74, 6) is 1.04. The molecule has 0 aromatic carbocycles. The number of thiophene rings is 1. The van der Waals surface area contributed by atoms with Gasteiger partial charge in [-0.1, -0.05) is 12.1 Å². The van der Waals surface area contributed by atoms with Crippen molar-refractivity contribution in [2.24, 2.45) is 0 Å². The van der Waals surface area contributed by atoms with Gasteiger partial charge in [-0.05, 0) is 30.5 Å². The molecule has 0 radical (unpaired) electrons. The van der Waals surface area contributed by atoms with Gasteiger partial charge in [0.2, 0.25) is 0 Å². The Morgan fingerprint density at radius 3 is 2.93 bits per heavy atom. The van der Waals surface area contributed by atoms with Gasteiger partial charge in [0.15, 0.2) is 5.82 Å². The predicted molar refractivity (Wildman–Crippen MR) is 63.2 cm³/mol. The van der Waals surface area contributed by atoms with E-state index >= 15 is 0 Å². The Balaban J connectivity index is 2.37. The molecule has 0 saturated carbocycles. The van der Waals surface area contributed by atoms with Crippen LogP contribution in [0.3, 0.4) is 0 Å². The molecule has 0 N–H and O–H groups in total. The summed E-state index contributed by atoms with van der Waals surface area (Å²) in [5, 5.41) is 2.08. The lowest BCUT2D eigenvalue weighted by Gasteiger charge is -2.02. The van der Waals surface area contributed by atoms with Crippen LogP contribution < -0.4 is 0 Å². The topological polar surface area (TPSA) is 17.3 Å². The SMILES string of the molecule is Cc1cccc2cnc(-c3cccs3)n12. The fraction of sp³-hybridized carbons (Fsp3) is 0.0833. The first kappa shape index (κ1) is 8.68. The zero-order valence-electron chi connectivity index (χ0n) is 8.34. The Bertz CT molecular complexity index is 593. The lowest BCUT2D eigenvalue weighted by Crippen LogP contribution is -1.92. The second-order valence-electron chi connectivity index (χ2n) is 3.49. The van der Waals surface area contributed by atoms with Crippen LogP contribution >= 0.6 is 11.3 Å². The van der Waals surface area contributed by atoms with Gasteiger partial charge in [-0.15, -0.1) is 11.3 Å². The van der Waals surface area contributed by atoms with E-state index in [1.807, 2.05) is 6.20 Å². The van der Waals surface area contributed by atoms with Crippen molar-refractivity contribution in [3.05, 3.63) is 47.6 Å². The van der Waals surface area contributed by atoms with Crippen LogP contribution in [0.1, 0.15) is 5.69 Å². The molecule has 0 unspecified atom stereocenters. The van der Waals surface area contributed by atoms with Crippen molar-refractivity contribution >= 4 is 16.9 Å². The Labute approximate surface area is 91.8 Å². The van der Waals surface area contributed by atoms with Gasteiger partial charge in [0, 0.05) is 5.69 Å². The van der Waals surface area contributed by atoms with Gasteiger partial charge < -0.3 is 0 Å². The van der Waals surface area contributed by atoms with Crippen molar-refractivity contribution in [1.82, 2.24) is 9.38 Å². The number of hydrogen-bond acceptors (Lipinski definition) is 2. The molecule has 0 aliphatic carbocycles. The molecule has 0 saturated heterocycles. The quantitative estimate of drug-likeness (QED) is 0.607. The molecule has 3 aromatic heterocycles. The van der Waals surface area contributed by atoms with Crippen LogP contribution in [-0.2, 0) is 0 Å². The monoisotopic (exact) mass is 214 g/mol. The number of hydrogen-bond donors (Lipinski definition) is 0. The summed E-state index contributed by atoms with van der Waals surface area (Å²) in [6.07, 6.45) is 1.92. The molecule has 0 bridgehead atoms. The molecule has 0 aliphatic heterocycles. The highest BCUT2D eigenvalue weighted by Gasteiger charge is 2.07. The minimum absolute atomic E-state index is 1.04. The van der Waals surface area contributed by atoms with Gasteiger partial charge in [-0.25, -0.2) is 4.98 Å². The maximum atomic E-state index is 4.47. The summed E-state index contributed by atoms with van der Waals surface area (Å²) in [4.78, 5) is 5.68. The highest BCUT2D eigenvalue weighted by molar-refractivity contribution is 7.13. The standard InChI is InChI=1S/C12H10N2S/c1-9-4-2-5-10-8-13-12(14(9)10)11-6-3-7-15-11/h2-8H,1H3. The molecule has 3 aromatic rings. The number of aryl methyl sites for hydroxylation is 1. The predicted octanol–water partition coefficient (Wildman–Crippen LogP) is 3.37. The average molecular weight is 214 g/mol. The Morgan fingerprint density at radius 1 is 1.20 bits per heavy atom. The third kappa shape index (κ3) is 1.27. The molecule has 3 rings (SSSR count). The van der Waals surface area contributed by atoms with Crippen LogP contribution in [0.5, 0.6) is 0 Å². The summed E-state index contributed by atoms with van der Waals surface area (Å²) >= 11 is 1.72. The first-order valence-corrected chi connectivity index (χ1v) is 5.71. The van der Waals surface area contributed by atoms with Crippen molar-refractivity contribution in [3.63, 3.8) is 0 Å². The first-order chi connectivity index (χ1) is 7.36. The van der Waals surface area contributed by atoms with E-state index in [2.05, 4.69) is 52.0 Å². The molecule has 3 heterocycles. The number of imidazole rings is 1. The van der Waals surface area contributed by atoms with E-state index in [0.29, 0.717) is 0 Å². The van der Waals surface area contributed by atoms with Gasteiger partial charge in [0.25, 0.3) is 0 Å². The summed E-state index contributed by atoms with van der Waals surface area (Å²) in [6.45, 7) is 2.10. The molecule has 3 heteroatoms. The van der Waals surface area contributed by atoms with Crippen molar-refractivity contribution in [2.45, 2.75) is 6.92 Å². The second kappa shape index (κ2) is 3.21. The molecular formula is C12H10N2S. The van der Waals surface area contributed by atoms with E-state index in [0.717, 1.165) is 11.3 Å². The van der Waals surface area contributed by atoms with Crippen molar-refractivity contribution in [1.29, 1.82) is 0 Å². The number of pyridine rings is 1. The fourth-order valence-corrected chi connectivity index (χ4v) is 2.50. The largest absolute Gasteiger partial charge is 0.296 e. The van der Waals surface area contributed by atoms with E-state index in [4.69, 9.17) is 0 Å². The van der Waals surface area contributed by atoms with Gasteiger partial charge >= 0.3 is 0 Å². The number of fused-ring (bicyclic) bond motifs is 1. The number of nitrogens with zero attached hydrogens (tertiary/aromatic N) is 2. The summed E-state index contributed by atoms with van der Waals surface area (Å²) < 4.78 is 2.19.